The molecule has 0 saturated heterocycles. The minimum atomic E-state index is -0.479. The highest BCUT2D eigenvalue weighted by atomic mass is 19.1. The van der Waals surface area contributed by atoms with E-state index in [1.165, 1.54) is 12.6 Å². The Labute approximate surface area is 120 Å². The Kier molecular flexibility index (Phi) is 5.56. The van der Waals surface area contributed by atoms with Crippen molar-refractivity contribution >= 4 is 5.95 Å². The second-order valence-electron chi connectivity index (χ2n) is 5.38. The van der Waals surface area contributed by atoms with Gasteiger partial charge in [0.1, 0.15) is 6.10 Å². The summed E-state index contributed by atoms with van der Waals surface area (Å²) in [6.45, 7) is 4.99. The first-order valence-corrected chi connectivity index (χ1v) is 7.67. The maximum absolute atomic E-state index is 13.8. The molecule has 1 heterocycles. The molecule has 2 unspecified atom stereocenters. The number of ether oxygens (including phenoxy) is 1. The maximum Gasteiger partial charge on any atom is 0.255 e. The van der Waals surface area contributed by atoms with Crippen LogP contribution in [0.25, 0.3) is 0 Å². The Hall–Kier alpha value is -1.39. The van der Waals surface area contributed by atoms with Crippen molar-refractivity contribution < 1.29 is 9.13 Å². The fourth-order valence-electron chi connectivity index (χ4n) is 2.70. The van der Waals surface area contributed by atoms with Crippen LogP contribution in [0.1, 0.15) is 52.4 Å². The highest BCUT2D eigenvalue weighted by Gasteiger charge is 2.26. The zero-order chi connectivity index (χ0) is 14.4. The Morgan fingerprint density at radius 2 is 2.15 bits per heavy atom. The molecular formula is C15H24FN3O. The molecule has 2 atom stereocenters. The minimum absolute atomic E-state index is 0.0807. The predicted octanol–water partition coefficient (Wildman–Crippen LogP) is 3.79. The molecule has 5 heteroatoms. The standard InChI is InChI=1S/C15H24FN3O/c1-3-9-17-15-18-10-12(16)14(19-15)20-13-8-6-5-7-11(13)4-2/h10-11,13H,3-9H2,1-2H3,(H,17,18,19). The summed E-state index contributed by atoms with van der Waals surface area (Å²) in [5.74, 6) is 0.550. The summed E-state index contributed by atoms with van der Waals surface area (Å²) < 4.78 is 19.6. The Balaban J connectivity index is 2.06. The van der Waals surface area contributed by atoms with Crippen molar-refractivity contribution in [1.29, 1.82) is 0 Å². The quantitative estimate of drug-likeness (QED) is 0.862. The largest absolute Gasteiger partial charge is 0.472 e. The molecule has 112 valence electrons. The van der Waals surface area contributed by atoms with E-state index in [0.29, 0.717) is 11.9 Å². The topological polar surface area (TPSA) is 47.0 Å². The summed E-state index contributed by atoms with van der Waals surface area (Å²) in [6, 6.07) is 0. The average molecular weight is 281 g/mol. The van der Waals surface area contributed by atoms with Gasteiger partial charge in [-0.2, -0.15) is 9.37 Å². The molecule has 1 aliphatic rings. The lowest BCUT2D eigenvalue weighted by atomic mass is 9.85. The van der Waals surface area contributed by atoms with E-state index in [4.69, 9.17) is 4.74 Å². The van der Waals surface area contributed by atoms with Gasteiger partial charge >= 0.3 is 0 Å². The molecule has 1 saturated carbocycles. The number of halogens is 1. The van der Waals surface area contributed by atoms with Crippen LogP contribution in [0.15, 0.2) is 6.20 Å². The first-order valence-electron chi connectivity index (χ1n) is 7.67. The van der Waals surface area contributed by atoms with Crippen LogP contribution in [0.4, 0.5) is 10.3 Å². The monoisotopic (exact) mass is 281 g/mol. The van der Waals surface area contributed by atoms with Crippen molar-refractivity contribution in [2.45, 2.75) is 58.5 Å². The van der Waals surface area contributed by atoms with Gasteiger partial charge in [0.2, 0.25) is 11.8 Å². The molecule has 1 N–H and O–H groups in total. The fourth-order valence-corrected chi connectivity index (χ4v) is 2.70. The molecule has 0 aromatic carbocycles. The minimum Gasteiger partial charge on any atom is -0.472 e. The molecule has 1 fully saturated rings. The summed E-state index contributed by atoms with van der Waals surface area (Å²) in [5.41, 5.74) is 0. The first kappa shape index (κ1) is 15.0. The molecule has 0 amide bonds. The van der Waals surface area contributed by atoms with Crippen LogP contribution in [0.2, 0.25) is 0 Å². The van der Waals surface area contributed by atoms with Crippen LogP contribution >= 0.6 is 0 Å². The van der Waals surface area contributed by atoms with Gasteiger partial charge in [-0.3, -0.25) is 0 Å². The molecule has 0 bridgehead atoms. The van der Waals surface area contributed by atoms with Crippen LogP contribution in [0.5, 0.6) is 5.88 Å². The van der Waals surface area contributed by atoms with Gasteiger partial charge in [0.15, 0.2) is 0 Å². The van der Waals surface area contributed by atoms with Crippen molar-refractivity contribution in [2.75, 3.05) is 11.9 Å². The van der Waals surface area contributed by atoms with Gasteiger partial charge in [-0.25, -0.2) is 4.98 Å². The van der Waals surface area contributed by atoms with E-state index in [9.17, 15) is 4.39 Å². The van der Waals surface area contributed by atoms with Crippen LogP contribution < -0.4 is 10.1 Å². The smallest absolute Gasteiger partial charge is 0.255 e. The summed E-state index contributed by atoms with van der Waals surface area (Å²) in [7, 11) is 0. The van der Waals surface area contributed by atoms with Gasteiger partial charge in [0.05, 0.1) is 6.20 Å². The highest BCUT2D eigenvalue weighted by Crippen LogP contribution is 2.30. The highest BCUT2D eigenvalue weighted by molar-refractivity contribution is 5.28. The van der Waals surface area contributed by atoms with Crippen LogP contribution in [-0.4, -0.2) is 22.6 Å². The molecule has 4 nitrogen and oxygen atoms in total. The second kappa shape index (κ2) is 7.41. The summed E-state index contributed by atoms with van der Waals surface area (Å²) >= 11 is 0. The van der Waals surface area contributed by atoms with Crippen molar-refractivity contribution in [2.24, 2.45) is 5.92 Å². The lowest BCUT2D eigenvalue weighted by Crippen LogP contribution is -2.30. The number of nitrogens with zero attached hydrogens (tertiary/aromatic N) is 2. The van der Waals surface area contributed by atoms with E-state index < -0.39 is 5.82 Å². The maximum atomic E-state index is 13.8. The number of anilines is 1. The van der Waals surface area contributed by atoms with Crippen molar-refractivity contribution in [3.8, 4) is 5.88 Å². The van der Waals surface area contributed by atoms with E-state index in [2.05, 4.69) is 29.1 Å². The zero-order valence-electron chi connectivity index (χ0n) is 12.4. The van der Waals surface area contributed by atoms with Crippen LogP contribution in [-0.2, 0) is 0 Å². The number of rotatable bonds is 6. The third-order valence-corrected chi connectivity index (χ3v) is 3.87. The lowest BCUT2D eigenvalue weighted by molar-refractivity contribution is 0.0813. The van der Waals surface area contributed by atoms with Crippen molar-refractivity contribution in [3.63, 3.8) is 0 Å². The summed E-state index contributed by atoms with van der Waals surface area (Å²) in [4.78, 5) is 8.08. The molecule has 1 aromatic rings. The van der Waals surface area contributed by atoms with Crippen LogP contribution in [0, 0.1) is 11.7 Å². The van der Waals surface area contributed by atoms with Gasteiger partial charge in [-0.1, -0.05) is 20.3 Å². The SMILES string of the molecule is CCCNc1ncc(F)c(OC2CCCCC2CC)n1. The van der Waals surface area contributed by atoms with Gasteiger partial charge < -0.3 is 10.1 Å². The van der Waals surface area contributed by atoms with E-state index in [0.717, 1.165) is 38.6 Å². The van der Waals surface area contributed by atoms with E-state index in [-0.39, 0.29) is 12.0 Å². The summed E-state index contributed by atoms with van der Waals surface area (Å²) in [5, 5.41) is 3.06. The molecule has 0 aliphatic heterocycles. The lowest BCUT2D eigenvalue weighted by Gasteiger charge is -2.30. The first-order chi connectivity index (χ1) is 9.74. The fraction of sp³-hybridized carbons (Fsp3) is 0.733. The molecule has 20 heavy (non-hydrogen) atoms. The molecule has 1 aliphatic carbocycles. The number of nitrogens with one attached hydrogen (secondary N) is 1. The Morgan fingerprint density at radius 1 is 1.35 bits per heavy atom. The zero-order valence-corrected chi connectivity index (χ0v) is 12.4. The average Bonchev–Trinajstić information content (AvgIpc) is 2.48. The van der Waals surface area contributed by atoms with E-state index in [1.54, 1.807) is 0 Å². The second-order valence-corrected chi connectivity index (χ2v) is 5.38. The van der Waals surface area contributed by atoms with Crippen molar-refractivity contribution in [1.82, 2.24) is 9.97 Å². The molecule has 0 radical (unpaired) electrons. The van der Waals surface area contributed by atoms with Crippen LogP contribution in [0.3, 0.4) is 0 Å². The van der Waals surface area contributed by atoms with Gasteiger partial charge in [-0.15, -0.1) is 0 Å². The Morgan fingerprint density at radius 3 is 2.90 bits per heavy atom. The number of hydrogen-bond acceptors (Lipinski definition) is 4. The third-order valence-electron chi connectivity index (χ3n) is 3.87. The summed E-state index contributed by atoms with van der Waals surface area (Å²) in [6.07, 6.45) is 7.84. The van der Waals surface area contributed by atoms with Gasteiger partial charge in [-0.05, 0) is 38.0 Å². The number of aromatic nitrogens is 2. The van der Waals surface area contributed by atoms with Gasteiger partial charge in [0, 0.05) is 6.54 Å². The van der Waals surface area contributed by atoms with E-state index in [1.807, 2.05) is 0 Å². The molecule has 0 spiro atoms. The van der Waals surface area contributed by atoms with Gasteiger partial charge in [0.25, 0.3) is 5.88 Å². The molecular weight excluding hydrogens is 257 g/mol. The Bertz CT molecular complexity index is 428. The third kappa shape index (κ3) is 3.81. The van der Waals surface area contributed by atoms with E-state index >= 15 is 0 Å². The predicted molar refractivity (Wildman–Crippen MR) is 77.4 cm³/mol. The molecule has 2 rings (SSSR count). The van der Waals surface area contributed by atoms with Crippen molar-refractivity contribution in [3.05, 3.63) is 12.0 Å². The number of hydrogen-bond donors (Lipinski definition) is 1. The molecule has 1 aromatic heterocycles. The normalized spacial score (nSPS) is 22.6.